The van der Waals surface area contributed by atoms with Gasteiger partial charge in [0.2, 0.25) is 5.91 Å². The average molecular weight is 374 g/mol. The zero-order valence-corrected chi connectivity index (χ0v) is 15.3. The minimum atomic E-state index is -0.563. The first-order valence-corrected chi connectivity index (χ1v) is 9.01. The summed E-state index contributed by atoms with van der Waals surface area (Å²) in [5.41, 5.74) is 8.89. The Kier molecular flexibility index (Phi) is 5.37. The quantitative estimate of drug-likeness (QED) is 0.707. The van der Waals surface area contributed by atoms with Crippen LogP contribution in [0.1, 0.15) is 29.3 Å². The smallest absolute Gasteiger partial charge is 0.241 e. The lowest BCUT2D eigenvalue weighted by Crippen LogP contribution is -2.37. The number of carbonyl (C=O) groups is 1. The van der Waals surface area contributed by atoms with Crippen LogP contribution < -0.4 is 11.1 Å². The molecule has 25 heavy (non-hydrogen) atoms. The molecule has 0 unspecified atom stereocenters. The van der Waals surface area contributed by atoms with Gasteiger partial charge < -0.3 is 11.1 Å². The lowest BCUT2D eigenvalue weighted by Gasteiger charge is -2.12. The van der Waals surface area contributed by atoms with Crippen LogP contribution in [0.3, 0.4) is 0 Å². The molecule has 1 atom stereocenters. The van der Waals surface area contributed by atoms with Gasteiger partial charge in [-0.2, -0.15) is 0 Å². The Labute approximate surface area is 156 Å². The molecule has 0 aliphatic heterocycles. The number of hydrogen-bond donors (Lipinski definition) is 2. The van der Waals surface area contributed by atoms with E-state index in [-0.39, 0.29) is 18.3 Å². The topological polar surface area (TPSA) is 68.0 Å². The van der Waals surface area contributed by atoms with Gasteiger partial charge in [0.1, 0.15) is 0 Å². The van der Waals surface area contributed by atoms with Crippen molar-refractivity contribution >= 4 is 45.6 Å². The largest absolute Gasteiger partial charge is 0.325 e. The molecule has 1 aromatic heterocycles. The van der Waals surface area contributed by atoms with E-state index >= 15 is 0 Å². The van der Waals surface area contributed by atoms with Crippen molar-refractivity contribution in [2.45, 2.75) is 31.2 Å². The number of benzene rings is 2. The molecular formula is C19H20ClN3OS. The summed E-state index contributed by atoms with van der Waals surface area (Å²) in [5.74, 6) is 0.491. The van der Waals surface area contributed by atoms with E-state index in [0.29, 0.717) is 12.3 Å². The van der Waals surface area contributed by atoms with Crippen LogP contribution in [0.25, 0.3) is 10.2 Å². The van der Waals surface area contributed by atoms with Crippen LogP contribution in [0.5, 0.6) is 0 Å². The van der Waals surface area contributed by atoms with Crippen LogP contribution in [0.15, 0.2) is 48.5 Å². The summed E-state index contributed by atoms with van der Waals surface area (Å²) < 4.78 is 1.12. The molecule has 6 heteroatoms. The standard InChI is InChI=1S/C19H19N3OS.ClH/c20-15(10-12-4-2-1-3-5-12)18(23)21-14-8-9-16-17(11-14)24-19(22-16)13-6-7-13;/h1-5,8-9,11,13,15H,6-7,10,20H2,(H,21,23);1H/t15-;/m0./s1. The van der Waals surface area contributed by atoms with Gasteiger partial charge in [0.05, 0.1) is 21.3 Å². The number of fused-ring (bicyclic) bond motifs is 1. The Morgan fingerprint density at radius 2 is 2.00 bits per heavy atom. The molecule has 3 aromatic rings. The second kappa shape index (κ2) is 7.52. The molecule has 2 aromatic carbocycles. The van der Waals surface area contributed by atoms with E-state index in [1.807, 2.05) is 48.5 Å². The molecule has 1 aliphatic carbocycles. The Balaban J connectivity index is 0.00000182. The molecule has 1 amide bonds. The van der Waals surface area contributed by atoms with Crippen molar-refractivity contribution in [1.82, 2.24) is 4.98 Å². The lowest BCUT2D eigenvalue weighted by atomic mass is 10.1. The van der Waals surface area contributed by atoms with Crippen molar-refractivity contribution in [3.8, 4) is 0 Å². The summed E-state index contributed by atoms with van der Waals surface area (Å²) in [5, 5.41) is 4.14. The third kappa shape index (κ3) is 4.18. The molecule has 130 valence electrons. The SMILES string of the molecule is Cl.N[C@@H](Cc1ccccc1)C(=O)Nc1ccc2nc(C3CC3)sc2c1. The molecular weight excluding hydrogens is 354 g/mol. The number of carbonyl (C=O) groups excluding carboxylic acids is 1. The number of aromatic nitrogens is 1. The fourth-order valence-corrected chi connectivity index (χ4v) is 3.90. The van der Waals surface area contributed by atoms with E-state index in [2.05, 4.69) is 10.3 Å². The van der Waals surface area contributed by atoms with Crippen molar-refractivity contribution in [3.05, 3.63) is 59.1 Å². The molecule has 3 N–H and O–H groups in total. The molecule has 0 bridgehead atoms. The van der Waals surface area contributed by atoms with Gasteiger partial charge in [0, 0.05) is 11.6 Å². The van der Waals surface area contributed by atoms with Gasteiger partial charge in [-0.05, 0) is 43.0 Å². The summed E-state index contributed by atoms with van der Waals surface area (Å²) >= 11 is 1.73. The number of halogens is 1. The minimum Gasteiger partial charge on any atom is -0.325 e. The van der Waals surface area contributed by atoms with Crippen molar-refractivity contribution < 1.29 is 4.79 Å². The van der Waals surface area contributed by atoms with Gasteiger partial charge >= 0.3 is 0 Å². The average Bonchev–Trinajstić information content (AvgIpc) is 3.35. The molecule has 0 radical (unpaired) electrons. The van der Waals surface area contributed by atoms with Gasteiger partial charge in [-0.25, -0.2) is 4.98 Å². The van der Waals surface area contributed by atoms with Crippen LogP contribution in [-0.4, -0.2) is 16.9 Å². The number of nitrogens with one attached hydrogen (secondary N) is 1. The highest BCUT2D eigenvalue weighted by molar-refractivity contribution is 7.18. The summed E-state index contributed by atoms with van der Waals surface area (Å²) in [4.78, 5) is 17.0. The maximum atomic E-state index is 12.3. The first-order valence-electron chi connectivity index (χ1n) is 8.20. The number of hydrogen-bond acceptors (Lipinski definition) is 4. The zero-order valence-electron chi connectivity index (χ0n) is 13.6. The number of nitrogens with two attached hydrogens (primary N) is 1. The maximum absolute atomic E-state index is 12.3. The van der Waals surface area contributed by atoms with Crippen molar-refractivity contribution in [2.75, 3.05) is 5.32 Å². The van der Waals surface area contributed by atoms with E-state index in [1.165, 1.54) is 17.8 Å². The van der Waals surface area contributed by atoms with Gasteiger partial charge in [-0.3, -0.25) is 4.79 Å². The zero-order chi connectivity index (χ0) is 16.5. The summed E-state index contributed by atoms with van der Waals surface area (Å²) in [7, 11) is 0. The monoisotopic (exact) mass is 373 g/mol. The van der Waals surface area contributed by atoms with E-state index in [1.54, 1.807) is 11.3 Å². The highest BCUT2D eigenvalue weighted by atomic mass is 35.5. The number of rotatable bonds is 5. The van der Waals surface area contributed by atoms with Gasteiger partial charge in [-0.1, -0.05) is 30.3 Å². The number of amides is 1. The first kappa shape index (κ1) is 17.9. The van der Waals surface area contributed by atoms with Crippen LogP contribution >= 0.6 is 23.7 Å². The molecule has 4 nitrogen and oxygen atoms in total. The predicted octanol–water partition coefficient (Wildman–Crippen LogP) is 4.10. The van der Waals surface area contributed by atoms with Crippen molar-refractivity contribution in [2.24, 2.45) is 5.73 Å². The number of thiazole rings is 1. The van der Waals surface area contributed by atoms with Crippen LogP contribution in [0.4, 0.5) is 5.69 Å². The van der Waals surface area contributed by atoms with Gasteiger partial charge in [0.15, 0.2) is 0 Å². The fourth-order valence-electron chi connectivity index (χ4n) is 2.72. The molecule has 1 heterocycles. The molecule has 0 spiro atoms. The molecule has 1 fully saturated rings. The van der Waals surface area contributed by atoms with E-state index < -0.39 is 6.04 Å². The molecule has 0 saturated heterocycles. The van der Waals surface area contributed by atoms with Crippen molar-refractivity contribution in [1.29, 1.82) is 0 Å². The van der Waals surface area contributed by atoms with Gasteiger partial charge in [0.25, 0.3) is 0 Å². The lowest BCUT2D eigenvalue weighted by molar-refractivity contribution is -0.117. The highest BCUT2D eigenvalue weighted by Gasteiger charge is 2.27. The Morgan fingerprint density at radius 3 is 2.72 bits per heavy atom. The summed E-state index contributed by atoms with van der Waals surface area (Å²) in [6.45, 7) is 0. The third-order valence-electron chi connectivity index (χ3n) is 4.23. The van der Waals surface area contributed by atoms with E-state index in [9.17, 15) is 4.79 Å². The maximum Gasteiger partial charge on any atom is 0.241 e. The second-order valence-corrected chi connectivity index (χ2v) is 7.36. The Hall–Kier alpha value is -1.95. The third-order valence-corrected chi connectivity index (χ3v) is 5.41. The first-order chi connectivity index (χ1) is 11.7. The highest BCUT2D eigenvalue weighted by Crippen LogP contribution is 2.43. The van der Waals surface area contributed by atoms with Crippen molar-refractivity contribution in [3.63, 3.8) is 0 Å². The molecule has 1 saturated carbocycles. The predicted molar refractivity (Wildman–Crippen MR) is 106 cm³/mol. The normalized spacial score (nSPS) is 14.8. The second-order valence-electron chi connectivity index (χ2n) is 6.29. The Bertz CT molecular complexity index is 877. The minimum absolute atomic E-state index is 0. The molecule has 4 rings (SSSR count). The number of anilines is 1. The van der Waals surface area contributed by atoms with Crippen LogP contribution in [0, 0.1) is 0 Å². The fraction of sp³-hybridized carbons (Fsp3) is 0.263. The van der Waals surface area contributed by atoms with Crippen LogP contribution in [-0.2, 0) is 11.2 Å². The van der Waals surface area contributed by atoms with E-state index in [4.69, 9.17) is 5.73 Å². The van der Waals surface area contributed by atoms with Gasteiger partial charge in [-0.15, -0.1) is 23.7 Å². The Morgan fingerprint density at radius 1 is 1.24 bits per heavy atom. The molecule has 1 aliphatic rings. The summed E-state index contributed by atoms with van der Waals surface area (Å²) in [6, 6.07) is 15.1. The van der Waals surface area contributed by atoms with Crippen LogP contribution in [0.2, 0.25) is 0 Å². The van der Waals surface area contributed by atoms with E-state index in [0.717, 1.165) is 21.5 Å². The number of nitrogens with zero attached hydrogens (tertiary/aromatic N) is 1. The summed E-state index contributed by atoms with van der Waals surface area (Å²) in [6.07, 6.45) is 3.02.